The van der Waals surface area contributed by atoms with Crippen LogP contribution in [0.25, 0.3) is 0 Å². The molecule has 0 atom stereocenters. The molecule has 1 aromatic carbocycles. The van der Waals surface area contributed by atoms with Gasteiger partial charge in [-0.3, -0.25) is 0 Å². The van der Waals surface area contributed by atoms with Crippen molar-refractivity contribution < 1.29 is 8.99 Å². The number of hydrogen-bond donors (Lipinski definition) is 0. The van der Waals surface area contributed by atoms with Gasteiger partial charge >= 0.3 is 0 Å². The Morgan fingerprint density at radius 2 is 1.78 bits per heavy atom. The van der Waals surface area contributed by atoms with Gasteiger partial charge in [-0.25, -0.2) is 0 Å². The Labute approximate surface area is 56.8 Å². The van der Waals surface area contributed by atoms with E-state index in [1.54, 1.807) is 0 Å². The summed E-state index contributed by atoms with van der Waals surface area (Å²) in [6, 6.07) is 5.57. The Balaban J connectivity index is 2.88. The van der Waals surface area contributed by atoms with Gasteiger partial charge in [0.25, 0.3) is 0 Å². The summed E-state index contributed by atoms with van der Waals surface area (Å²) in [4.78, 5) is 0.467. The minimum Gasteiger partial charge on any atom is -0.872 e. The summed E-state index contributed by atoms with van der Waals surface area (Å²) >= 11 is 0.139. The summed E-state index contributed by atoms with van der Waals surface area (Å²) < 4.78 is 11.7. The van der Waals surface area contributed by atoms with Crippen LogP contribution >= 0.6 is 12.1 Å². The molecule has 0 aliphatic carbocycles. The third kappa shape index (κ3) is 1.61. The van der Waals surface area contributed by atoms with Gasteiger partial charge in [0.05, 0.1) is 12.1 Å². The third-order valence-corrected chi connectivity index (χ3v) is 1.36. The number of hydrogen-bond acceptors (Lipinski definition) is 2. The van der Waals surface area contributed by atoms with Crippen molar-refractivity contribution in [1.29, 1.82) is 0 Å². The maximum absolute atomic E-state index is 11.7. The summed E-state index contributed by atoms with van der Waals surface area (Å²) in [6.45, 7) is 0. The number of benzene rings is 1. The van der Waals surface area contributed by atoms with E-state index in [-0.39, 0.29) is 17.9 Å². The van der Waals surface area contributed by atoms with E-state index in [4.69, 9.17) is 0 Å². The Morgan fingerprint density at radius 1 is 1.22 bits per heavy atom. The molecular weight excluding hydrogens is 139 g/mol. The minimum atomic E-state index is -0.0900. The Bertz CT molecular complexity index is 185. The van der Waals surface area contributed by atoms with Crippen LogP contribution in [0.4, 0.5) is 3.89 Å². The van der Waals surface area contributed by atoms with Crippen LogP contribution < -0.4 is 5.11 Å². The molecule has 0 unspecified atom stereocenters. The zero-order valence-electron chi connectivity index (χ0n) is 4.50. The first-order valence-corrected chi connectivity index (χ1v) is 3.10. The highest BCUT2D eigenvalue weighted by Crippen LogP contribution is 2.19. The Hall–Kier alpha value is -0.700. The van der Waals surface area contributed by atoms with Crippen molar-refractivity contribution in [1.82, 2.24) is 0 Å². The summed E-state index contributed by atoms with van der Waals surface area (Å²) in [5.41, 5.74) is 0. The van der Waals surface area contributed by atoms with Gasteiger partial charge in [0, 0.05) is 4.90 Å². The van der Waals surface area contributed by atoms with Gasteiger partial charge in [-0.15, -0.1) is 5.75 Å². The maximum atomic E-state index is 11.7. The van der Waals surface area contributed by atoms with Crippen LogP contribution in [0.1, 0.15) is 0 Å². The smallest absolute Gasteiger partial charge is 0.0812 e. The molecule has 0 aliphatic rings. The first-order valence-electron chi connectivity index (χ1n) is 2.38. The second-order valence-corrected chi connectivity index (χ2v) is 2.17. The Morgan fingerprint density at radius 3 is 2.22 bits per heavy atom. The second kappa shape index (κ2) is 2.73. The quantitative estimate of drug-likeness (QED) is 0.597. The molecule has 0 spiro atoms. The van der Waals surface area contributed by atoms with Gasteiger partial charge in [0.2, 0.25) is 0 Å². The van der Waals surface area contributed by atoms with E-state index in [0.717, 1.165) is 0 Å². The lowest BCUT2D eigenvalue weighted by atomic mass is 10.3. The molecule has 0 bridgehead atoms. The monoisotopic (exact) mass is 143 g/mol. The van der Waals surface area contributed by atoms with Gasteiger partial charge in [-0.05, 0) is 12.1 Å². The first kappa shape index (κ1) is 6.42. The second-order valence-electron chi connectivity index (χ2n) is 1.55. The van der Waals surface area contributed by atoms with Crippen LogP contribution in [0, 0.1) is 0 Å². The van der Waals surface area contributed by atoms with E-state index in [0.29, 0.717) is 4.90 Å². The number of halogens is 1. The van der Waals surface area contributed by atoms with E-state index < -0.39 is 0 Å². The standard InChI is InChI=1S/C6H5FOS/c7-9-6-3-1-5(8)2-4-6/h1-4,8H/p-1. The topological polar surface area (TPSA) is 23.1 Å². The Kier molecular flexibility index (Phi) is 1.95. The predicted molar refractivity (Wildman–Crippen MR) is 32.9 cm³/mol. The average molecular weight is 143 g/mol. The van der Waals surface area contributed by atoms with Crippen LogP contribution in [0.15, 0.2) is 29.2 Å². The van der Waals surface area contributed by atoms with E-state index >= 15 is 0 Å². The third-order valence-electron chi connectivity index (χ3n) is 0.913. The molecule has 0 radical (unpaired) electrons. The van der Waals surface area contributed by atoms with Crippen molar-refractivity contribution in [3.8, 4) is 5.75 Å². The fourth-order valence-electron chi connectivity index (χ4n) is 0.491. The fraction of sp³-hybridized carbons (Fsp3) is 0. The summed E-state index contributed by atoms with van der Waals surface area (Å²) in [6.07, 6.45) is 0. The highest BCUT2D eigenvalue weighted by Gasteiger charge is 1.86. The molecule has 1 nitrogen and oxygen atoms in total. The summed E-state index contributed by atoms with van der Waals surface area (Å²) in [5, 5.41) is 10.4. The van der Waals surface area contributed by atoms with Gasteiger partial charge in [0.15, 0.2) is 0 Å². The molecule has 0 N–H and O–H groups in total. The van der Waals surface area contributed by atoms with Gasteiger partial charge in [0.1, 0.15) is 0 Å². The molecule has 0 saturated heterocycles. The molecule has 48 valence electrons. The van der Waals surface area contributed by atoms with Crippen molar-refractivity contribution in [2.24, 2.45) is 0 Å². The largest absolute Gasteiger partial charge is 0.872 e. The SMILES string of the molecule is [O-]c1ccc(SF)cc1. The molecule has 0 amide bonds. The van der Waals surface area contributed by atoms with Crippen molar-refractivity contribution in [2.45, 2.75) is 4.90 Å². The van der Waals surface area contributed by atoms with Crippen molar-refractivity contribution >= 4 is 12.1 Å². The first-order chi connectivity index (χ1) is 4.33. The predicted octanol–water partition coefficient (Wildman–Crippen LogP) is 1.74. The number of rotatable bonds is 1. The van der Waals surface area contributed by atoms with Crippen molar-refractivity contribution in [3.63, 3.8) is 0 Å². The highest BCUT2D eigenvalue weighted by atomic mass is 32.2. The zero-order chi connectivity index (χ0) is 6.69. The lowest BCUT2D eigenvalue weighted by Gasteiger charge is -2.01. The van der Waals surface area contributed by atoms with Crippen molar-refractivity contribution in [3.05, 3.63) is 24.3 Å². The zero-order valence-corrected chi connectivity index (χ0v) is 5.32. The lowest BCUT2D eigenvalue weighted by molar-refractivity contribution is -0.268. The van der Waals surface area contributed by atoms with E-state index in [2.05, 4.69) is 0 Å². The van der Waals surface area contributed by atoms with Crippen LogP contribution in [0.5, 0.6) is 5.75 Å². The normalized spacial score (nSPS) is 9.44. The highest BCUT2D eigenvalue weighted by molar-refractivity contribution is 7.94. The van der Waals surface area contributed by atoms with Crippen LogP contribution in [-0.2, 0) is 0 Å². The summed E-state index contributed by atoms with van der Waals surface area (Å²) in [7, 11) is 0. The molecule has 9 heavy (non-hydrogen) atoms. The molecule has 0 fully saturated rings. The molecule has 0 aliphatic heterocycles. The van der Waals surface area contributed by atoms with Crippen LogP contribution in [0.3, 0.4) is 0 Å². The summed E-state index contributed by atoms with van der Waals surface area (Å²) in [5.74, 6) is -0.0900. The average Bonchev–Trinajstić information content (AvgIpc) is 1.90. The van der Waals surface area contributed by atoms with Gasteiger partial charge < -0.3 is 5.11 Å². The van der Waals surface area contributed by atoms with E-state index in [1.807, 2.05) is 0 Å². The molecule has 0 aromatic heterocycles. The molecule has 1 rings (SSSR count). The molecule has 0 saturated carbocycles. The minimum absolute atomic E-state index is 0.0900. The molecule has 3 heteroatoms. The molecule has 0 heterocycles. The maximum Gasteiger partial charge on any atom is 0.0812 e. The van der Waals surface area contributed by atoms with Crippen molar-refractivity contribution in [2.75, 3.05) is 0 Å². The van der Waals surface area contributed by atoms with E-state index in [9.17, 15) is 8.99 Å². The lowest BCUT2D eigenvalue weighted by Crippen LogP contribution is -1.86. The fourth-order valence-corrected chi connectivity index (χ4v) is 0.730. The van der Waals surface area contributed by atoms with Crippen LogP contribution in [-0.4, -0.2) is 0 Å². The molecule has 1 aromatic rings. The van der Waals surface area contributed by atoms with Crippen LogP contribution in [0.2, 0.25) is 0 Å². The molecular formula is C6H4FOS-. The van der Waals surface area contributed by atoms with E-state index in [1.165, 1.54) is 24.3 Å². The van der Waals surface area contributed by atoms with Gasteiger partial charge in [-0.1, -0.05) is 12.1 Å². The van der Waals surface area contributed by atoms with Gasteiger partial charge in [-0.2, -0.15) is 3.89 Å².